The van der Waals surface area contributed by atoms with Crippen LogP contribution in [-0.2, 0) is 14.6 Å². The molecule has 0 spiro atoms. The van der Waals surface area contributed by atoms with E-state index in [1.165, 1.54) is 128 Å². The number of unbranched alkanes of at least 4 members (excludes halogenated alkanes) is 20. The minimum atomic E-state index is -4.58. The molecular formula is C28H57KO4S. The minimum Gasteiger partial charge on any atom is -0.726 e. The van der Waals surface area contributed by atoms with E-state index in [0.29, 0.717) is 0 Å². The zero-order valence-electron chi connectivity index (χ0n) is 23.3. The van der Waals surface area contributed by atoms with E-state index in [2.05, 4.69) is 18.0 Å². The van der Waals surface area contributed by atoms with E-state index in [9.17, 15) is 13.0 Å². The summed E-state index contributed by atoms with van der Waals surface area (Å²) in [6, 6.07) is 0. The molecule has 1 unspecified atom stereocenters. The van der Waals surface area contributed by atoms with E-state index in [4.69, 9.17) is 0 Å². The monoisotopic (exact) mass is 528 g/mol. The van der Waals surface area contributed by atoms with Gasteiger partial charge in [0.25, 0.3) is 0 Å². The van der Waals surface area contributed by atoms with Gasteiger partial charge in [0, 0.05) is 0 Å². The van der Waals surface area contributed by atoms with Gasteiger partial charge in [-0.15, -0.1) is 0 Å². The molecule has 1 atom stereocenters. The Bertz CT molecular complexity index is 485. The number of hydrogen-bond acceptors (Lipinski definition) is 4. The average Bonchev–Trinajstić information content (AvgIpc) is 2.78. The van der Waals surface area contributed by atoms with Crippen LogP contribution in [0.15, 0.2) is 0 Å². The Morgan fingerprint density at radius 1 is 0.529 bits per heavy atom. The second-order valence-electron chi connectivity index (χ2n) is 10.2. The molecule has 0 rings (SSSR count). The zero-order valence-corrected chi connectivity index (χ0v) is 27.2. The summed E-state index contributed by atoms with van der Waals surface area (Å²) in [5, 5.41) is 0. The first-order chi connectivity index (χ1) is 16.0. The summed E-state index contributed by atoms with van der Waals surface area (Å²) >= 11 is 0. The van der Waals surface area contributed by atoms with Crippen molar-refractivity contribution in [3.8, 4) is 0 Å². The van der Waals surface area contributed by atoms with Gasteiger partial charge in [-0.3, -0.25) is 4.18 Å². The van der Waals surface area contributed by atoms with Gasteiger partial charge in [0.15, 0.2) is 0 Å². The van der Waals surface area contributed by atoms with Crippen molar-refractivity contribution in [2.24, 2.45) is 5.92 Å². The smallest absolute Gasteiger partial charge is 0.726 e. The summed E-state index contributed by atoms with van der Waals surface area (Å²) in [5.41, 5.74) is 0. The third-order valence-corrected chi connectivity index (χ3v) is 7.30. The summed E-state index contributed by atoms with van der Waals surface area (Å²) in [5.74, 6) is 0.200. The largest absolute Gasteiger partial charge is 1.00 e. The maximum Gasteiger partial charge on any atom is 1.00 e. The van der Waals surface area contributed by atoms with Gasteiger partial charge in [0.05, 0.1) is 6.61 Å². The van der Waals surface area contributed by atoms with Gasteiger partial charge in [-0.1, -0.05) is 155 Å². The van der Waals surface area contributed by atoms with Crippen molar-refractivity contribution in [2.45, 2.75) is 168 Å². The molecule has 0 aromatic rings. The van der Waals surface area contributed by atoms with E-state index in [1.807, 2.05) is 0 Å². The predicted octanol–water partition coefficient (Wildman–Crippen LogP) is 6.49. The Hall–Kier alpha value is 1.51. The van der Waals surface area contributed by atoms with Gasteiger partial charge < -0.3 is 4.55 Å². The van der Waals surface area contributed by atoms with Crippen molar-refractivity contribution in [3.05, 3.63) is 0 Å². The second kappa shape index (κ2) is 29.1. The van der Waals surface area contributed by atoms with E-state index < -0.39 is 10.4 Å². The van der Waals surface area contributed by atoms with Crippen molar-refractivity contribution < 1.29 is 68.5 Å². The fourth-order valence-corrected chi connectivity index (χ4v) is 5.04. The molecule has 0 fully saturated rings. The first-order valence-electron chi connectivity index (χ1n) is 14.6. The fraction of sp³-hybridized carbons (Fsp3) is 1.00. The van der Waals surface area contributed by atoms with Gasteiger partial charge in [0.2, 0.25) is 10.4 Å². The topological polar surface area (TPSA) is 66.4 Å². The Morgan fingerprint density at radius 3 is 1.06 bits per heavy atom. The van der Waals surface area contributed by atoms with Crippen LogP contribution in [0.1, 0.15) is 168 Å². The van der Waals surface area contributed by atoms with E-state index >= 15 is 0 Å². The SMILES string of the molecule is CCCCCCCCCCCCCCCC(CCCCCCCCCCC)COS(=O)(=O)[O-].[K+]. The van der Waals surface area contributed by atoms with Crippen molar-refractivity contribution in [1.29, 1.82) is 0 Å². The summed E-state index contributed by atoms with van der Waals surface area (Å²) in [6.45, 7) is 4.58. The molecule has 200 valence electrons. The van der Waals surface area contributed by atoms with Gasteiger partial charge in [-0.25, -0.2) is 8.42 Å². The summed E-state index contributed by atoms with van der Waals surface area (Å²) < 4.78 is 37.2. The van der Waals surface area contributed by atoms with Crippen LogP contribution in [0.4, 0.5) is 0 Å². The summed E-state index contributed by atoms with van der Waals surface area (Å²) in [4.78, 5) is 0. The average molecular weight is 529 g/mol. The number of rotatable bonds is 27. The third-order valence-electron chi connectivity index (χ3n) is 6.88. The van der Waals surface area contributed by atoms with E-state index in [0.717, 1.165) is 25.7 Å². The predicted molar refractivity (Wildman–Crippen MR) is 141 cm³/mol. The minimum absolute atomic E-state index is 0. The van der Waals surface area contributed by atoms with Gasteiger partial charge in [-0.05, 0) is 18.8 Å². The third kappa shape index (κ3) is 31.5. The van der Waals surface area contributed by atoms with Gasteiger partial charge in [-0.2, -0.15) is 0 Å². The molecule has 0 heterocycles. The molecule has 0 aliphatic heterocycles. The molecule has 0 N–H and O–H groups in total. The number of hydrogen-bond donors (Lipinski definition) is 0. The second-order valence-corrected chi connectivity index (χ2v) is 11.3. The van der Waals surface area contributed by atoms with Crippen LogP contribution >= 0.6 is 0 Å². The van der Waals surface area contributed by atoms with Crippen molar-refractivity contribution in [2.75, 3.05) is 6.61 Å². The molecule has 0 saturated heterocycles. The molecule has 6 heteroatoms. The Labute approximate surface area is 256 Å². The Balaban J connectivity index is 0. The van der Waals surface area contributed by atoms with Crippen molar-refractivity contribution in [3.63, 3.8) is 0 Å². The molecule has 0 aromatic heterocycles. The summed E-state index contributed by atoms with van der Waals surface area (Å²) in [7, 11) is -4.58. The standard InChI is InChI=1S/C28H58O4S.K/c1-3-5-7-9-11-13-14-15-16-18-20-22-24-26-28(27-32-33(29,30)31)25-23-21-19-17-12-10-8-6-4-2;/h28H,3-27H2,1-2H3,(H,29,30,31);/q;+1/p-1. The molecule has 34 heavy (non-hydrogen) atoms. The van der Waals surface area contributed by atoms with Crippen LogP contribution in [0.3, 0.4) is 0 Å². The molecule has 0 bridgehead atoms. The van der Waals surface area contributed by atoms with E-state index in [1.54, 1.807) is 0 Å². The quantitative estimate of drug-likeness (QED) is 0.0529. The molecule has 0 radical (unpaired) electrons. The zero-order chi connectivity index (χ0) is 24.5. The van der Waals surface area contributed by atoms with Crippen LogP contribution in [0.5, 0.6) is 0 Å². The maximum atomic E-state index is 10.9. The normalized spacial score (nSPS) is 12.6. The Morgan fingerprint density at radius 2 is 0.794 bits per heavy atom. The molecule has 4 nitrogen and oxygen atoms in total. The molecule has 0 aromatic carbocycles. The first-order valence-corrected chi connectivity index (χ1v) is 15.9. The van der Waals surface area contributed by atoms with Gasteiger partial charge in [0.1, 0.15) is 0 Å². The van der Waals surface area contributed by atoms with E-state index in [-0.39, 0.29) is 63.9 Å². The van der Waals surface area contributed by atoms with Gasteiger partial charge >= 0.3 is 51.4 Å². The fourth-order valence-electron chi connectivity index (χ4n) is 4.69. The maximum absolute atomic E-state index is 10.9. The van der Waals surface area contributed by atoms with Crippen LogP contribution in [-0.4, -0.2) is 19.6 Å². The van der Waals surface area contributed by atoms with Crippen LogP contribution in [0, 0.1) is 5.92 Å². The van der Waals surface area contributed by atoms with Crippen LogP contribution < -0.4 is 51.4 Å². The first kappa shape index (κ1) is 37.7. The van der Waals surface area contributed by atoms with Crippen LogP contribution in [0.2, 0.25) is 0 Å². The van der Waals surface area contributed by atoms with Crippen LogP contribution in [0.25, 0.3) is 0 Å². The van der Waals surface area contributed by atoms with Crippen molar-refractivity contribution >= 4 is 10.4 Å². The molecular weight excluding hydrogens is 471 g/mol. The molecule has 0 saturated carbocycles. The molecule has 0 aliphatic rings. The molecule has 0 amide bonds. The summed E-state index contributed by atoms with van der Waals surface area (Å²) in [6.07, 6.45) is 30.8. The van der Waals surface area contributed by atoms with Crippen molar-refractivity contribution in [1.82, 2.24) is 0 Å². The molecule has 0 aliphatic carbocycles. The Kier molecular flexibility index (Phi) is 32.2.